The number of ether oxygens (including phenoxy) is 3. The summed E-state index contributed by atoms with van der Waals surface area (Å²) in [5.41, 5.74) is -0.150. The molecule has 1 heterocycles. The molecule has 0 aliphatic carbocycles. The first kappa shape index (κ1) is 22.2. The summed E-state index contributed by atoms with van der Waals surface area (Å²) < 4.78 is 15.2. The molecule has 26 heavy (non-hydrogen) atoms. The molecule has 0 bridgehead atoms. The second-order valence-corrected chi connectivity index (χ2v) is 7.80. The van der Waals surface area contributed by atoms with Gasteiger partial charge in [0.15, 0.2) is 0 Å². The highest BCUT2D eigenvalue weighted by atomic mass is 16.6. The lowest BCUT2D eigenvalue weighted by Crippen LogP contribution is -2.60. The van der Waals surface area contributed by atoms with Crippen LogP contribution in [0, 0.1) is 0 Å². The molecule has 0 atom stereocenters. The van der Waals surface area contributed by atoms with E-state index < -0.39 is 17.9 Å². The molecule has 7 nitrogen and oxygen atoms in total. The largest absolute Gasteiger partial charge is 0.462 e. The number of carbonyl (C=O) groups excluding carboxylic acids is 3. The molecular weight excluding hydrogens is 338 g/mol. The van der Waals surface area contributed by atoms with Gasteiger partial charge >= 0.3 is 17.9 Å². The molecule has 0 aromatic heterocycles. The van der Waals surface area contributed by atoms with E-state index in [1.165, 1.54) is 0 Å². The van der Waals surface area contributed by atoms with Crippen molar-refractivity contribution in [1.29, 1.82) is 0 Å². The summed E-state index contributed by atoms with van der Waals surface area (Å²) >= 11 is 0. The van der Waals surface area contributed by atoms with Crippen LogP contribution in [-0.2, 0) is 28.6 Å². The summed E-state index contributed by atoms with van der Waals surface area (Å²) in [6.45, 7) is 11.7. The van der Waals surface area contributed by atoms with Crippen molar-refractivity contribution in [3.63, 3.8) is 0 Å². The van der Waals surface area contributed by atoms with E-state index in [0.717, 1.165) is 18.9 Å². The van der Waals surface area contributed by atoms with Gasteiger partial charge in [-0.1, -0.05) is 6.58 Å². The first-order valence-corrected chi connectivity index (χ1v) is 8.86. The van der Waals surface area contributed by atoms with E-state index in [2.05, 4.69) is 51.0 Å². The molecule has 1 aliphatic rings. The van der Waals surface area contributed by atoms with Crippen LogP contribution < -0.4 is 0 Å². The molecule has 0 aromatic carbocycles. The fraction of sp³-hybridized carbons (Fsp3) is 0.737. The Balaban J connectivity index is 2.32. The van der Waals surface area contributed by atoms with E-state index in [4.69, 9.17) is 9.47 Å². The molecule has 148 valence electrons. The van der Waals surface area contributed by atoms with Crippen LogP contribution in [0.4, 0.5) is 0 Å². The Labute approximate surface area is 155 Å². The summed E-state index contributed by atoms with van der Waals surface area (Å²) in [6.07, 6.45) is 2.27. The molecule has 0 aromatic rings. The molecule has 7 heteroatoms. The van der Waals surface area contributed by atoms with Gasteiger partial charge in [-0.3, -0.25) is 14.5 Å². The Bertz CT molecular complexity index is 522. The van der Waals surface area contributed by atoms with Crippen LogP contribution in [0.1, 0.15) is 53.4 Å². The minimum atomic E-state index is -0.575. The third-order valence-electron chi connectivity index (χ3n) is 4.86. The van der Waals surface area contributed by atoms with Gasteiger partial charge in [-0.05, 0) is 34.7 Å². The summed E-state index contributed by atoms with van der Waals surface area (Å²) in [6, 6.07) is 0. The van der Waals surface area contributed by atoms with Gasteiger partial charge in [0, 0.05) is 30.0 Å². The summed E-state index contributed by atoms with van der Waals surface area (Å²) in [5, 5.41) is 0. The third-order valence-corrected chi connectivity index (χ3v) is 4.86. The van der Waals surface area contributed by atoms with Crippen molar-refractivity contribution in [2.45, 2.75) is 70.6 Å². The van der Waals surface area contributed by atoms with Gasteiger partial charge in [0.25, 0.3) is 0 Å². The molecule has 0 saturated carbocycles. The van der Waals surface area contributed by atoms with E-state index in [-0.39, 0.29) is 43.2 Å². The van der Waals surface area contributed by atoms with Gasteiger partial charge < -0.3 is 14.2 Å². The van der Waals surface area contributed by atoms with Crippen molar-refractivity contribution in [1.82, 2.24) is 4.90 Å². The summed E-state index contributed by atoms with van der Waals surface area (Å²) in [7, 11) is 2.08. The third kappa shape index (κ3) is 6.78. The quantitative estimate of drug-likeness (QED) is 0.281. The number of likely N-dealkylation sites (tertiary alicyclic amines) is 1. The highest BCUT2D eigenvalue weighted by Crippen LogP contribution is 2.38. The molecule has 1 rings (SSSR count). The van der Waals surface area contributed by atoms with Crippen molar-refractivity contribution in [3.05, 3.63) is 12.7 Å². The number of nitrogens with zero attached hydrogens (tertiary/aromatic N) is 1. The Morgan fingerprint density at radius 1 is 1.00 bits per heavy atom. The van der Waals surface area contributed by atoms with Crippen molar-refractivity contribution < 1.29 is 28.6 Å². The Morgan fingerprint density at radius 2 is 1.50 bits per heavy atom. The maximum absolute atomic E-state index is 12.1. The van der Waals surface area contributed by atoms with Crippen LogP contribution in [0.25, 0.3) is 0 Å². The monoisotopic (exact) mass is 369 g/mol. The first-order valence-electron chi connectivity index (χ1n) is 8.86. The van der Waals surface area contributed by atoms with E-state index in [9.17, 15) is 14.4 Å². The zero-order valence-corrected chi connectivity index (χ0v) is 16.5. The molecule has 0 radical (unpaired) electrons. The van der Waals surface area contributed by atoms with E-state index in [1.807, 2.05) is 0 Å². The van der Waals surface area contributed by atoms with Gasteiger partial charge in [0.2, 0.25) is 0 Å². The van der Waals surface area contributed by atoms with Crippen molar-refractivity contribution in [2.24, 2.45) is 0 Å². The minimum Gasteiger partial charge on any atom is -0.462 e. The van der Waals surface area contributed by atoms with Crippen molar-refractivity contribution in [2.75, 3.05) is 20.3 Å². The lowest BCUT2D eigenvalue weighted by atomic mass is 9.79. The highest BCUT2D eigenvalue weighted by molar-refractivity contribution is 5.81. The maximum Gasteiger partial charge on any atom is 0.330 e. The normalized spacial score (nSPS) is 19.4. The molecule has 0 spiro atoms. The van der Waals surface area contributed by atoms with Crippen LogP contribution in [-0.4, -0.2) is 60.3 Å². The van der Waals surface area contributed by atoms with Gasteiger partial charge in [-0.25, -0.2) is 4.79 Å². The van der Waals surface area contributed by atoms with Crippen LogP contribution in [0.5, 0.6) is 0 Å². The Hall–Kier alpha value is -1.89. The van der Waals surface area contributed by atoms with Crippen LogP contribution in [0.3, 0.4) is 0 Å². The molecule has 1 saturated heterocycles. The Kier molecular flexibility index (Phi) is 7.81. The number of piperidine rings is 1. The average Bonchev–Trinajstić information content (AvgIpc) is 2.53. The predicted molar refractivity (Wildman–Crippen MR) is 96.4 cm³/mol. The first-order chi connectivity index (χ1) is 12.0. The molecular formula is C19H31NO6. The van der Waals surface area contributed by atoms with Crippen molar-refractivity contribution in [3.8, 4) is 0 Å². The zero-order chi connectivity index (χ0) is 20.0. The standard InChI is InChI=1S/C19H31NO6/c1-7-15(21)24-10-11-25-16(22)8-9-17(23)26-14-12-18(2,3)20(6)19(4,5)13-14/h7,14H,1,8-13H2,2-6H3. The van der Waals surface area contributed by atoms with Crippen molar-refractivity contribution >= 4 is 17.9 Å². The van der Waals surface area contributed by atoms with Gasteiger partial charge in [-0.2, -0.15) is 0 Å². The second kappa shape index (κ2) is 9.16. The van der Waals surface area contributed by atoms with Crippen LogP contribution in [0.2, 0.25) is 0 Å². The fourth-order valence-electron chi connectivity index (χ4n) is 3.24. The maximum atomic E-state index is 12.1. The smallest absolute Gasteiger partial charge is 0.330 e. The van der Waals surface area contributed by atoms with Gasteiger partial charge in [0.1, 0.15) is 19.3 Å². The van der Waals surface area contributed by atoms with E-state index >= 15 is 0 Å². The highest BCUT2D eigenvalue weighted by Gasteiger charge is 2.44. The van der Waals surface area contributed by atoms with E-state index in [1.54, 1.807) is 0 Å². The lowest BCUT2D eigenvalue weighted by molar-refractivity contribution is -0.161. The molecule has 1 fully saturated rings. The van der Waals surface area contributed by atoms with Gasteiger partial charge in [0.05, 0.1) is 12.8 Å². The fourth-order valence-corrected chi connectivity index (χ4v) is 3.24. The molecule has 0 amide bonds. The minimum absolute atomic E-state index is 0.0293. The Morgan fingerprint density at radius 3 is 2.04 bits per heavy atom. The molecule has 0 unspecified atom stereocenters. The number of carbonyl (C=O) groups is 3. The zero-order valence-electron chi connectivity index (χ0n) is 16.5. The van der Waals surface area contributed by atoms with Gasteiger partial charge in [-0.15, -0.1) is 0 Å². The average molecular weight is 369 g/mol. The number of rotatable bonds is 8. The SMILES string of the molecule is C=CC(=O)OCCOC(=O)CCC(=O)OC1CC(C)(C)N(C)C(C)(C)C1. The summed E-state index contributed by atoms with van der Waals surface area (Å²) in [4.78, 5) is 36.8. The molecule has 0 N–H and O–H groups in total. The predicted octanol–water partition coefficient (Wildman–Crippen LogP) is 2.23. The molecule has 1 aliphatic heterocycles. The summed E-state index contributed by atoms with van der Waals surface area (Å²) in [5.74, 6) is -1.50. The number of hydrogen-bond donors (Lipinski definition) is 0. The number of esters is 3. The lowest BCUT2D eigenvalue weighted by Gasteiger charge is -2.53. The number of hydrogen-bond acceptors (Lipinski definition) is 7. The van der Waals surface area contributed by atoms with Crippen LogP contribution in [0.15, 0.2) is 12.7 Å². The topological polar surface area (TPSA) is 82.1 Å². The van der Waals surface area contributed by atoms with Crippen LogP contribution >= 0.6 is 0 Å². The van der Waals surface area contributed by atoms with E-state index in [0.29, 0.717) is 0 Å². The second-order valence-electron chi connectivity index (χ2n) is 7.80.